The van der Waals surface area contributed by atoms with Gasteiger partial charge >= 0.3 is 0 Å². The Balaban J connectivity index is 2.33. The lowest BCUT2D eigenvalue weighted by molar-refractivity contribution is -0.128. The molecule has 1 saturated carbocycles. The largest absolute Gasteiger partial charge is 0.390 e. The van der Waals surface area contributed by atoms with Crippen molar-refractivity contribution in [1.82, 2.24) is 5.32 Å². The number of carbonyl (C=O) groups is 1. The van der Waals surface area contributed by atoms with Crippen LogP contribution in [0.5, 0.6) is 0 Å². The molecule has 1 saturated heterocycles. The zero-order valence-corrected chi connectivity index (χ0v) is 6.85. The van der Waals surface area contributed by atoms with E-state index in [9.17, 15) is 9.90 Å². The fourth-order valence-electron chi connectivity index (χ4n) is 1.80. The third-order valence-electron chi connectivity index (χ3n) is 2.94. The van der Waals surface area contributed by atoms with Crippen molar-refractivity contribution in [2.45, 2.75) is 38.3 Å². The van der Waals surface area contributed by atoms with Crippen molar-refractivity contribution in [3.8, 4) is 0 Å². The summed E-state index contributed by atoms with van der Waals surface area (Å²) >= 11 is 0. The Kier molecular flexibility index (Phi) is 1.04. The Morgan fingerprint density at radius 1 is 1.55 bits per heavy atom. The second kappa shape index (κ2) is 1.61. The molecule has 2 N–H and O–H groups in total. The van der Waals surface area contributed by atoms with Gasteiger partial charge in [-0.05, 0) is 26.7 Å². The molecule has 1 aliphatic carbocycles. The Morgan fingerprint density at radius 2 is 2.09 bits per heavy atom. The first-order valence-electron chi connectivity index (χ1n) is 4.00. The Bertz CT molecular complexity index is 218. The van der Waals surface area contributed by atoms with Crippen molar-refractivity contribution < 1.29 is 9.90 Å². The number of amides is 1. The third-order valence-corrected chi connectivity index (χ3v) is 2.94. The zero-order valence-electron chi connectivity index (χ0n) is 6.85. The number of rotatable bonds is 0. The van der Waals surface area contributed by atoms with Crippen molar-refractivity contribution in [2.24, 2.45) is 5.41 Å². The van der Waals surface area contributed by atoms with E-state index in [1.165, 1.54) is 0 Å². The summed E-state index contributed by atoms with van der Waals surface area (Å²) in [6.07, 6.45) is 1.37. The number of aliphatic hydroxyl groups excluding tert-OH is 1. The average Bonchev–Trinajstić information content (AvgIpc) is 2.64. The molecule has 2 fully saturated rings. The van der Waals surface area contributed by atoms with Crippen molar-refractivity contribution in [2.75, 3.05) is 0 Å². The van der Waals surface area contributed by atoms with E-state index >= 15 is 0 Å². The lowest BCUT2D eigenvalue weighted by atomic mass is 9.86. The highest BCUT2D eigenvalue weighted by atomic mass is 16.3. The van der Waals surface area contributed by atoms with Crippen molar-refractivity contribution in [1.29, 1.82) is 0 Å². The van der Waals surface area contributed by atoms with E-state index in [4.69, 9.17) is 0 Å². The molecular formula is C8H13NO2. The van der Waals surface area contributed by atoms with Gasteiger partial charge in [-0.2, -0.15) is 0 Å². The topological polar surface area (TPSA) is 49.3 Å². The minimum atomic E-state index is -0.587. The van der Waals surface area contributed by atoms with Gasteiger partial charge in [0.25, 0.3) is 0 Å². The van der Waals surface area contributed by atoms with Gasteiger partial charge in [-0.15, -0.1) is 0 Å². The summed E-state index contributed by atoms with van der Waals surface area (Å²) in [6, 6.07) is 0. The molecule has 0 radical (unpaired) electrons. The SMILES string of the molecule is CC1(C)C(=O)NC2(CC2)C1O. The molecule has 2 aliphatic rings. The lowest BCUT2D eigenvalue weighted by Gasteiger charge is -2.20. The Labute approximate surface area is 65.8 Å². The lowest BCUT2D eigenvalue weighted by Crippen LogP contribution is -2.36. The highest BCUT2D eigenvalue weighted by Crippen LogP contribution is 2.49. The number of hydrogen-bond acceptors (Lipinski definition) is 2. The normalized spacial score (nSPS) is 37.4. The van der Waals surface area contributed by atoms with Crippen LogP contribution in [0.25, 0.3) is 0 Å². The van der Waals surface area contributed by atoms with Crippen molar-refractivity contribution >= 4 is 5.91 Å². The molecular weight excluding hydrogens is 142 g/mol. The van der Waals surface area contributed by atoms with E-state index in [0.717, 1.165) is 12.8 Å². The molecule has 2 rings (SSSR count). The van der Waals surface area contributed by atoms with Gasteiger partial charge in [0.15, 0.2) is 0 Å². The number of aliphatic hydroxyl groups is 1. The predicted octanol–water partition coefficient (Wildman–Crippen LogP) is 0.0359. The molecule has 0 bridgehead atoms. The van der Waals surface area contributed by atoms with E-state index < -0.39 is 11.5 Å². The monoisotopic (exact) mass is 155 g/mol. The first-order valence-corrected chi connectivity index (χ1v) is 4.00. The highest BCUT2D eigenvalue weighted by Gasteiger charge is 2.63. The summed E-state index contributed by atoms with van der Waals surface area (Å²) in [4.78, 5) is 11.3. The quantitative estimate of drug-likeness (QED) is 0.518. The third kappa shape index (κ3) is 0.692. The van der Waals surface area contributed by atoms with Crippen LogP contribution < -0.4 is 5.32 Å². The maximum Gasteiger partial charge on any atom is 0.228 e. The van der Waals surface area contributed by atoms with E-state index in [1.54, 1.807) is 13.8 Å². The van der Waals surface area contributed by atoms with E-state index in [0.29, 0.717) is 0 Å². The molecule has 1 heterocycles. The van der Waals surface area contributed by atoms with Crippen LogP contribution in [0.1, 0.15) is 26.7 Å². The minimum absolute atomic E-state index is 0.0116. The van der Waals surface area contributed by atoms with Crippen LogP contribution in [-0.2, 0) is 4.79 Å². The molecule has 0 aromatic heterocycles. The van der Waals surface area contributed by atoms with Crippen molar-refractivity contribution in [3.05, 3.63) is 0 Å². The van der Waals surface area contributed by atoms with Gasteiger partial charge in [0.2, 0.25) is 5.91 Å². The van der Waals surface area contributed by atoms with Crippen LogP contribution in [0.15, 0.2) is 0 Å². The first-order chi connectivity index (χ1) is 4.99. The molecule has 0 aromatic carbocycles. The van der Waals surface area contributed by atoms with Gasteiger partial charge in [-0.1, -0.05) is 0 Å². The van der Waals surface area contributed by atoms with Crippen molar-refractivity contribution in [3.63, 3.8) is 0 Å². The second-order valence-corrected chi connectivity index (χ2v) is 4.23. The molecule has 11 heavy (non-hydrogen) atoms. The van der Waals surface area contributed by atoms with Gasteiger partial charge in [-0.25, -0.2) is 0 Å². The molecule has 62 valence electrons. The molecule has 1 aliphatic heterocycles. The molecule has 0 aromatic rings. The predicted molar refractivity (Wildman–Crippen MR) is 39.9 cm³/mol. The molecule has 1 unspecified atom stereocenters. The van der Waals surface area contributed by atoms with Crippen LogP contribution >= 0.6 is 0 Å². The van der Waals surface area contributed by atoms with Crippen LogP contribution in [0.3, 0.4) is 0 Å². The molecule has 1 atom stereocenters. The van der Waals surface area contributed by atoms with Gasteiger partial charge in [0, 0.05) is 0 Å². The Morgan fingerprint density at radius 3 is 2.27 bits per heavy atom. The summed E-state index contributed by atoms with van der Waals surface area (Å²) < 4.78 is 0. The van der Waals surface area contributed by atoms with Crippen LogP contribution in [0.4, 0.5) is 0 Å². The number of hydrogen-bond donors (Lipinski definition) is 2. The smallest absolute Gasteiger partial charge is 0.228 e. The van der Waals surface area contributed by atoms with Gasteiger partial charge in [0.05, 0.1) is 17.1 Å². The van der Waals surface area contributed by atoms with Crippen LogP contribution in [0.2, 0.25) is 0 Å². The highest BCUT2D eigenvalue weighted by molar-refractivity contribution is 5.87. The fraction of sp³-hybridized carbons (Fsp3) is 0.875. The maximum absolute atomic E-state index is 11.3. The summed E-state index contributed by atoms with van der Waals surface area (Å²) in [5.41, 5.74) is -0.822. The first kappa shape index (κ1) is 7.10. The Hall–Kier alpha value is -0.570. The van der Waals surface area contributed by atoms with E-state index in [1.807, 2.05) is 0 Å². The van der Waals surface area contributed by atoms with Crippen LogP contribution in [-0.4, -0.2) is 22.7 Å². The van der Waals surface area contributed by atoms with E-state index in [-0.39, 0.29) is 11.4 Å². The maximum atomic E-state index is 11.3. The van der Waals surface area contributed by atoms with E-state index in [2.05, 4.69) is 5.32 Å². The number of carbonyl (C=O) groups excluding carboxylic acids is 1. The standard InChI is InChI=1S/C8H13NO2/c1-7(2)5(10)8(3-4-8)9-6(7)11/h5,10H,3-4H2,1-2H3,(H,9,11). The van der Waals surface area contributed by atoms with Gasteiger partial charge < -0.3 is 10.4 Å². The molecule has 3 nitrogen and oxygen atoms in total. The van der Waals surface area contributed by atoms with Gasteiger partial charge in [0.1, 0.15) is 0 Å². The van der Waals surface area contributed by atoms with Crippen LogP contribution in [0, 0.1) is 5.41 Å². The summed E-state index contributed by atoms with van der Waals surface area (Å²) in [6.45, 7) is 3.58. The second-order valence-electron chi connectivity index (χ2n) is 4.23. The number of nitrogens with one attached hydrogen (secondary N) is 1. The van der Waals surface area contributed by atoms with Gasteiger partial charge in [-0.3, -0.25) is 4.79 Å². The summed E-state index contributed by atoms with van der Waals surface area (Å²) in [5.74, 6) is -0.0116. The fourth-order valence-corrected chi connectivity index (χ4v) is 1.80. The molecule has 1 spiro atoms. The molecule has 1 amide bonds. The summed E-state index contributed by atoms with van der Waals surface area (Å²) in [5, 5.41) is 12.6. The molecule has 3 heteroatoms. The zero-order chi connectivity index (χ0) is 8.28. The minimum Gasteiger partial charge on any atom is -0.390 e. The average molecular weight is 155 g/mol. The summed E-state index contributed by atoms with van der Waals surface area (Å²) in [7, 11) is 0.